The highest BCUT2D eigenvalue weighted by Crippen LogP contribution is 2.43. The van der Waals surface area contributed by atoms with E-state index >= 15 is 0 Å². The van der Waals surface area contributed by atoms with Gasteiger partial charge in [0, 0.05) is 10.4 Å². The van der Waals surface area contributed by atoms with Gasteiger partial charge in [0.2, 0.25) is 0 Å². The summed E-state index contributed by atoms with van der Waals surface area (Å²) in [5.41, 5.74) is 4.71. The third-order valence-corrected chi connectivity index (χ3v) is 5.93. The lowest BCUT2D eigenvalue weighted by Gasteiger charge is -2.32. The van der Waals surface area contributed by atoms with Gasteiger partial charge in [0.05, 0.1) is 17.3 Å². The second kappa shape index (κ2) is 7.17. The molecule has 0 unspecified atom stereocenters. The van der Waals surface area contributed by atoms with E-state index in [9.17, 15) is 9.90 Å². The Morgan fingerprint density at radius 1 is 1.07 bits per heavy atom. The van der Waals surface area contributed by atoms with E-state index in [0.717, 1.165) is 12.0 Å². The van der Waals surface area contributed by atoms with E-state index in [1.807, 2.05) is 12.1 Å². The van der Waals surface area contributed by atoms with E-state index in [2.05, 4.69) is 53.7 Å². The van der Waals surface area contributed by atoms with Crippen LogP contribution in [-0.4, -0.2) is 5.97 Å². The Hall–Kier alpha value is -3.05. The summed E-state index contributed by atoms with van der Waals surface area (Å²) in [6.45, 7) is 4.48. The molecule has 140 valence electrons. The third kappa shape index (κ3) is 3.41. The van der Waals surface area contributed by atoms with Crippen LogP contribution in [0.2, 0.25) is 0 Å². The highest BCUT2D eigenvalue weighted by Gasteiger charge is 2.29. The zero-order valence-corrected chi connectivity index (χ0v) is 16.5. The van der Waals surface area contributed by atoms with E-state index in [-0.39, 0.29) is 16.7 Å². The van der Waals surface area contributed by atoms with E-state index in [1.165, 1.54) is 22.1 Å². The summed E-state index contributed by atoms with van der Waals surface area (Å²) in [6.07, 6.45) is 3.27. The predicted molar refractivity (Wildman–Crippen MR) is 110 cm³/mol. The van der Waals surface area contributed by atoms with Crippen molar-refractivity contribution in [1.29, 1.82) is 0 Å². The minimum absolute atomic E-state index is 0.0320. The van der Waals surface area contributed by atoms with Crippen LogP contribution in [0.15, 0.2) is 76.3 Å². The number of carbonyl (C=O) groups is 1. The molecular formula is C23H19N2O2S-. The molecule has 1 aliphatic rings. The SMILES string of the molecule is CC1(C)CC=C(c2cccs2)c2cc(N=Nc3ccccc3C(=O)[O-])ccc21. The number of fused-ring (bicyclic) bond motifs is 1. The minimum Gasteiger partial charge on any atom is -0.545 e. The number of carbonyl (C=O) groups excluding carboxylic acids is 1. The average molecular weight is 387 g/mol. The molecule has 0 radical (unpaired) electrons. The number of carboxylic acids is 1. The smallest absolute Gasteiger partial charge is 0.0947 e. The number of hydrogen-bond acceptors (Lipinski definition) is 5. The van der Waals surface area contributed by atoms with Crippen molar-refractivity contribution in [3.8, 4) is 0 Å². The molecule has 4 rings (SSSR count). The largest absolute Gasteiger partial charge is 0.545 e. The molecule has 0 amide bonds. The van der Waals surface area contributed by atoms with Crippen molar-refractivity contribution in [1.82, 2.24) is 0 Å². The first-order valence-corrected chi connectivity index (χ1v) is 9.95. The van der Waals surface area contributed by atoms with Crippen molar-refractivity contribution >= 4 is 34.3 Å². The summed E-state index contributed by atoms with van der Waals surface area (Å²) < 4.78 is 0. The van der Waals surface area contributed by atoms with Crippen LogP contribution in [-0.2, 0) is 5.41 Å². The maximum Gasteiger partial charge on any atom is 0.0947 e. The molecule has 5 heteroatoms. The maximum absolute atomic E-state index is 11.3. The van der Waals surface area contributed by atoms with Gasteiger partial charge in [-0.25, -0.2) is 0 Å². The van der Waals surface area contributed by atoms with E-state index < -0.39 is 5.97 Å². The number of allylic oxidation sites excluding steroid dienone is 1. The van der Waals surface area contributed by atoms with Gasteiger partial charge in [-0.3, -0.25) is 0 Å². The lowest BCUT2D eigenvalue weighted by Crippen LogP contribution is -2.22. The number of aromatic carboxylic acids is 1. The fourth-order valence-electron chi connectivity index (χ4n) is 3.49. The first kappa shape index (κ1) is 18.3. The summed E-state index contributed by atoms with van der Waals surface area (Å²) >= 11 is 1.72. The summed E-state index contributed by atoms with van der Waals surface area (Å²) in [5.74, 6) is -1.26. The number of azo groups is 1. The fraction of sp³-hybridized carbons (Fsp3) is 0.174. The zero-order valence-electron chi connectivity index (χ0n) is 15.7. The first-order chi connectivity index (χ1) is 13.5. The topological polar surface area (TPSA) is 64.8 Å². The Balaban J connectivity index is 1.75. The van der Waals surface area contributed by atoms with Crippen molar-refractivity contribution in [2.24, 2.45) is 10.2 Å². The molecule has 3 aromatic rings. The van der Waals surface area contributed by atoms with Crippen molar-refractivity contribution < 1.29 is 9.90 Å². The molecule has 0 fully saturated rings. The Morgan fingerprint density at radius 2 is 1.89 bits per heavy atom. The van der Waals surface area contributed by atoms with E-state index in [4.69, 9.17) is 0 Å². The van der Waals surface area contributed by atoms with Crippen molar-refractivity contribution in [2.75, 3.05) is 0 Å². The molecular weight excluding hydrogens is 368 g/mol. The van der Waals surface area contributed by atoms with Gasteiger partial charge >= 0.3 is 0 Å². The lowest BCUT2D eigenvalue weighted by atomic mass is 9.73. The van der Waals surface area contributed by atoms with Crippen LogP contribution in [0.5, 0.6) is 0 Å². The molecule has 1 heterocycles. The van der Waals surface area contributed by atoms with Crippen LogP contribution in [0.3, 0.4) is 0 Å². The molecule has 4 nitrogen and oxygen atoms in total. The van der Waals surface area contributed by atoms with Crippen LogP contribution in [0.1, 0.15) is 46.6 Å². The molecule has 0 saturated heterocycles. The van der Waals surface area contributed by atoms with Crippen LogP contribution in [0.4, 0.5) is 11.4 Å². The van der Waals surface area contributed by atoms with E-state index in [0.29, 0.717) is 5.69 Å². The Labute approximate surface area is 167 Å². The summed E-state index contributed by atoms with van der Waals surface area (Å²) in [4.78, 5) is 12.5. The summed E-state index contributed by atoms with van der Waals surface area (Å²) in [5, 5.41) is 21.8. The molecule has 2 aromatic carbocycles. The Bertz CT molecular complexity index is 1100. The standard InChI is InChI=1S/C23H20N2O2S/c1-23(2)12-11-16(21-8-5-13-28-21)18-14-15(9-10-19(18)23)24-25-20-7-4-3-6-17(20)22(26)27/h3-11,13-14H,12H2,1-2H3,(H,26,27)/p-1. The fourth-order valence-corrected chi connectivity index (χ4v) is 4.28. The van der Waals surface area contributed by atoms with Gasteiger partial charge < -0.3 is 9.90 Å². The van der Waals surface area contributed by atoms with Gasteiger partial charge in [-0.15, -0.1) is 16.5 Å². The normalized spacial score (nSPS) is 15.3. The molecule has 0 N–H and O–H groups in total. The van der Waals surface area contributed by atoms with Gasteiger partial charge in [-0.05, 0) is 58.2 Å². The van der Waals surface area contributed by atoms with Crippen molar-refractivity contribution in [3.05, 3.63) is 87.6 Å². The predicted octanol–water partition coefficient (Wildman–Crippen LogP) is 5.64. The second-order valence-electron chi connectivity index (χ2n) is 7.42. The number of benzene rings is 2. The number of carboxylic acid groups (broad SMARTS) is 1. The summed E-state index contributed by atoms with van der Waals surface area (Å²) in [6, 6.07) is 16.7. The Kier molecular flexibility index (Phi) is 4.69. The maximum atomic E-state index is 11.3. The zero-order chi connectivity index (χ0) is 19.7. The van der Waals surface area contributed by atoms with Crippen molar-refractivity contribution in [3.63, 3.8) is 0 Å². The molecule has 1 aromatic heterocycles. The molecule has 1 aliphatic carbocycles. The molecule has 28 heavy (non-hydrogen) atoms. The van der Waals surface area contributed by atoms with Gasteiger partial charge in [-0.2, -0.15) is 5.11 Å². The van der Waals surface area contributed by atoms with Crippen LogP contribution >= 0.6 is 11.3 Å². The number of nitrogens with zero attached hydrogens (tertiary/aromatic N) is 2. The lowest BCUT2D eigenvalue weighted by molar-refractivity contribution is -0.254. The van der Waals surface area contributed by atoms with Crippen LogP contribution in [0, 0.1) is 0 Å². The number of hydrogen-bond donors (Lipinski definition) is 0. The van der Waals surface area contributed by atoms with Gasteiger partial charge in [0.1, 0.15) is 0 Å². The third-order valence-electron chi connectivity index (χ3n) is 5.02. The first-order valence-electron chi connectivity index (χ1n) is 9.07. The van der Waals surface area contributed by atoms with Crippen molar-refractivity contribution in [2.45, 2.75) is 25.7 Å². The molecule has 0 aliphatic heterocycles. The van der Waals surface area contributed by atoms with E-state index in [1.54, 1.807) is 29.5 Å². The quantitative estimate of drug-likeness (QED) is 0.544. The highest BCUT2D eigenvalue weighted by atomic mass is 32.1. The minimum atomic E-state index is -1.26. The number of rotatable bonds is 4. The number of thiophene rings is 1. The molecule has 0 saturated carbocycles. The Morgan fingerprint density at radius 3 is 2.64 bits per heavy atom. The highest BCUT2D eigenvalue weighted by molar-refractivity contribution is 7.11. The van der Waals surface area contributed by atoms with Gasteiger partial charge in [0.25, 0.3) is 0 Å². The molecule has 0 spiro atoms. The van der Waals surface area contributed by atoms with Crippen LogP contribution < -0.4 is 5.11 Å². The molecule has 0 atom stereocenters. The summed E-state index contributed by atoms with van der Waals surface area (Å²) in [7, 11) is 0. The second-order valence-corrected chi connectivity index (χ2v) is 8.37. The van der Waals surface area contributed by atoms with Gasteiger partial charge in [-0.1, -0.05) is 50.3 Å². The average Bonchev–Trinajstić information content (AvgIpc) is 3.21. The van der Waals surface area contributed by atoms with Gasteiger partial charge in [0.15, 0.2) is 0 Å². The molecule has 0 bridgehead atoms. The van der Waals surface area contributed by atoms with Crippen LogP contribution in [0.25, 0.3) is 5.57 Å². The monoisotopic (exact) mass is 387 g/mol.